The van der Waals surface area contributed by atoms with Crippen LogP contribution < -0.4 is 0 Å². The first kappa shape index (κ1) is 13.4. The van der Waals surface area contributed by atoms with Gasteiger partial charge in [0, 0.05) is 12.1 Å². The van der Waals surface area contributed by atoms with Gasteiger partial charge in [0.05, 0.1) is 5.92 Å². The molecule has 0 saturated heterocycles. The summed E-state index contributed by atoms with van der Waals surface area (Å²) in [6.45, 7) is 11.2. The number of nitrogens with zero attached hydrogens (tertiary/aromatic N) is 1. The topological polar surface area (TPSA) is 40.5 Å². The molecule has 1 unspecified atom stereocenters. The third-order valence-corrected chi connectivity index (χ3v) is 2.57. The van der Waals surface area contributed by atoms with E-state index in [1.165, 1.54) is 0 Å². The molecule has 0 bridgehead atoms. The monoisotopic (exact) mass is 201 g/mol. The van der Waals surface area contributed by atoms with E-state index in [-0.39, 0.29) is 5.92 Å². The maximum atomic E-state index is 10.6. The molecule has 3 heteroatoms. The SMILES string of the molecule is CC(CCN(C(C)C)C(C)C)C(=O)O. The van der Waals surface area contributed by atoms with Crippen LogP contribution in [0, 0.1) is 5.92 Å². The van der Waals surface area contributed by atoms with Gasteiger partial charge in [0.2, 0.25) is 0 Å². The minimum absolute atomic E-state index is 0.241. The molecule has 0 heterocycles. The highest BCUT2D eigenvalue weighted by molar-refractivity contribution is 5.69. The molecule has 14 heavy (non-hydrogen) atoms. The van der Waals surface area contributed by atoms with Crippen molar-refractivity contribution >= 4 is 5.97 Å². The molecule has 0 fully saturated rings. The van der Waals surface area contributed by atoms with Crippen LogP contribution >= 0.6 is 0 Å². The molecule has 1 N–H and O–H groups in total. The Morgan fingerprint density at radius 2 is 1.57 bits per heavy atom. The number of aliphatic carboxylic acids is 1. The van der Waals surface area contributed by atoms with Crippen LogP contribution in [0.2, 0.25) is 0 Å². The number of carbonyl (C=O) groups is 1. The molecule has 0 aromatic heterocycles. The van der Waals surface area contributed by atoms with Crippen LogP contribution in [0.5, 0.6) is 0 Å². The average molecular weight is 201 g/mol. The molecule has 3 nitrogen and oxygen atoms in total. The predicted molar refractivity (Wildman–Crippen MR) is 58.4 cm³/mol. The van der Waals surface area contributed by atoms with Crippen molar-refractivity contribution in [3.05, 3.63) is 0 Å². The second-order valence-corrected chi connectivity index (χ2v) is 4.45. The number of hydrogen-bond acceptors (Lipinski definition) is 2. The summed E-state index contributed by atoms with van der Waals surface area (Å²) >= 11 is 0. The highest BCUT2D eigenvalue weighted by Crippen LogP contribution is 2.10. The summed E-state index contributed by atoms with van der Waals surface area (Å²) in [6, 6.07) is 0.965. The third-order valence-electron chi connectivity index (χ3n) is 2.57. The fourth-order valence-electron chi connectivity index (χ4n) is 1.58. The van der Waals surface area contributed by atoms with Crippen LogP contribution in [0.4, 0.5) is 0 Å². The lowest BCUT2D eigenvalue weighted by molar-refractivity contribution is -0.141. The van der Waals surface area contributed by atoms with E-state index >= 15 is 0 Å². The van der Waals surface area contributed by atoms with Crippen LogP contribution in [0.25, 0.3) is 0 Å². The lowest BCUT2D eigenvalue weighted by atomic mass is 10.1. The molecular weight excluding hydrogens is 178 g/mol. The molecule has 1 atom stereocenters. The van der Waals surface area contributed by atoms with E-state index in [4.69, 9.17) is 5.11 Å². The number of rotatable bonds is 6. The number of hydrogen-bond donors (Lipinski definition) is 1. The average Bonchev–Trinajstić information content (AvgIpc) is 2.02. The molecule has 0 aliphatic heterocycles. The van der Waals surface area contributed by atoms with Gasteiger partial charge in [-0.3, -0.25) is 9.69 Å². The Bertz CT molecular complexity index is 170. The Morgan fingerprint density at radius 1 is 1.14 bits per heavy atom. The van der Waals surface area contributed by atoms with Gasteiger partial charge in [0.15, 0.2) is 0 Å². The lowest BCUT2D eigenvalue weighted by Gasteiger charge is -2.30. The molecule has 84 valence electrons. The van der Waals surface area contributed by atoms with Gasteiger partial charge in [-0.15, -0.1) is 0 Å². The van der Waals surface area contributed by atoms with Gasteiger partial charge < -0.3 is 5.11 Å². The van der Waals surface area contributed by atoms with E-state index in [1.807, 2.05) is 0 Å². The van der Waals surface area contributed by atoms with E-state index in [9.17, 15) is 4.79 Å². The van der Waals surface area contributed by atoms with Gasteiger partial charge in [0.25, 0.3) is 0 Å². The highest BCUT2D eigenvalue weighted by Gasteiger charge is 2.17. The summed E-state index contributed by atoms with van der Waals surface area (Å²) in [6.07, 6.45) is 0.728. The zero-order valence-corrected chi connectivity index (χ0v) is 9.95. The van der Waals surface area contributed by atoms with E-state index in [0.717, 1.165) is 13.0 Å². The van der Waals surface area contributed by atoms with Crippen molar-refractivity contribution in [2.45, 2.75) is 53.1 Å². The Labute approximate surface area is 87.1 Å². The molecular formula is C11H23NO2. The fraction of sp³-hybridized carbons (Fsp3) is 0.909. The second kappa shape index (κ2) is 6.02. The van der Waals surface area contributed by atoms with Crippen LogP contribution in [-0.2, 0) is 4.79 Å². The summed E-state index contributed by atoms with van der Waals surface area (Å²) in [7, 11) is 0. The maximum Gasteiger partial charge on any atom is 0.306 e. The molecule has 0 radical (unpaired) electrons. The normalized spacial score (nSPS) is 14.0. The first-order valence-corrected chi connectivity index (χ1v) is 5.34. The minimum Gasteiger partial charge on any atom is -0.481 e. The van der Waals surface area contributed by atoms with Crippen molar-refractivity contribution in [3.8, 4) is 0 Å². The Hall–Kier alpha value is -0.570. The summed E-state index contributed by atoms with van der Waals surface area (Å²) in [5.41, 5.74) is 0. The molecule has 0 amide bonds. The van der Waals surface area contributed by atoms with Gasteiger partial charge in [-0.25, -0.2) is 0 Å². The van der Waals surface area contributed by atoms with E-state index in [1.54, 1.807) is 6.92 Å². The zero-order chi connectivity index (χ0) is 11.3. The molecule has 0 aromatic carbocycles. The van der Waals surface area contributed by atoms with E-state index in [2.05, 4.69) is 32.6 Å². The maximum absolute atomic E-state index is 10.6. The van der Waals surface area contributed by atoms with Gasteiger partial charge in [-0.2, -0.15) is 0 Å². The van der Waals surface area contributed by atoms with Crippen molar-refractivity contribution in [1.29, 1.82) is 0 Å². The molecule has 0 aliphatic rings. The van der Waals surface area contributed by atoms with Crippen LogP contribution in [-0.4, -0.2) is 34.6 Å². The van der Waals surface area contributed by atoms with Crippen molar-refractivity contribution in [3.63, 3.8) is 0 Å². The first-order valence-electron chi connectivity index (χ1n) is 5.34. The first-order chi connectivity index (χ1) is 6.36. The van der Waals surface area contributed by atoms with Crippen molar-refractivity contribution < 1.29 is 9.90 Å². The van der Waals surface area contributed by atoms with Crippen LogP contribution in [0.15, 0.2) is 0 Å². The Balaban J connectivity index is 4.00. The van der Waals surface area contributed by atoms with E-state index in [0.29, 0.717) is 12.1 Å². The van der Waals surface area contributed by atoms with E-state index < -0.39 is 5.97 Å². The number of carboxylic acids is 1. The van der Waals surface area contributed by atoms with Crippen LogP contribution in [0.3, 0.4) is 0 Å². The van der Waals surface area contributed by atoms with Crippen molar-refractivity contribution in [1.82, 2.24) is 4.90 Å². The quantitative estimate of drug-likeness (QED) is 0.716. The van der Waals surface area contributed by atoms with Gasteiger partial charge in [0.1, 0.15) is 0 Å². The largest absolute Gasteiger partial charge is 0.481 e. The number of carboxylic acid groups (broad SMARTS) is 1. The zero-order valence-electron chi connectivity index (χ0n) is 9.95. The molecule has 0 spiro atoms. The minimum atomic E-state index is -0.697. The molecule has 0 aliphatic carbocycles. The smallest absolute Gasteiger partial charge is 0.306 e. The summed E-state index contributed by atoms with van der Waals surface area (Å²) in [4.78, 5) is 13.0. The van der Waals surface area contributed by atoms with Crippen LogP contribution in [0.1, 0.15) is 41.0 Å². The Kier molecular flexibility index (Phi) is 5.77. The van der Waals surface area contributed by atoms with Gasteiger partial charge in [-0.05, 0) is 40.7 Å². The fourth-order valence-corrected chi connectivity index (χ4v) is 1.58. The predicted octanol–water partition coefficient (Wildman–Crippen LogP) is 2.22. The lowest BCUT2D eigenvalue weighted by Crippen LogP contribution is -2.38. The van der Waals surface area contributed by atoms with Gasteiger partial charge >= 0.3 is 5.97 Å². The van der Waals surface area contributed by atoms with Crippen molar-refractivity contribution in [2.24, 2.45) is 5.92 Å². The summed E-state index contributed by atoms with van der Waals surface area (Å²) < 4.78 is 0. The molecule has 0 rings (SSSR count). The summed E-state index contributed by atoms with van der Waals surface area (Å²) in [5, 5.41) is 8.75. The van der Waals surface area contributed by atoms with Crippen molar-refractivity contribution in [2.75, 3.05) is 6.54 Å². The summed E-state index contributed by atoms with van der Waals surface area (Å²) in [5.74, 6) is -0.938. The Morgan fingerprint density at radius 3 is 1.86 bits per heavy atom. The second-order valence-electron chi connectivity index (χ2n) is 4.45. The standard InChI is InChI=1S/C11H23NO2/c1-8(2)12(9(3)4)7-6-10(5)11(13)14/h8-10H,6-7H2,1-5H3,(H,13,14). The third kappa shape index (κ3) is 4.61. The molecule has 0 aromatic rings. The van der Waals surface area contributed by atoms with Gasteiger partial charge in [-0.1, -0.05) is 6.92 Å². The highest BCUT2D eigenvalue weighted by atomic mass is 16.4. The molecule has 0 saturated carbocycles.